The highest BCUT2D eigenvalue weighted by Crippen LogP contribution is 2.24. The van der Waals surface area contributed by atoms with E-state index in [1.807, 2.05) is 0 Å². The van der Waals surface area contributed by atoms with Gasteiger partial charge in [0.05, 0.1) is 17.1 Å². The molecule has 18 heavy (non-hydrogen) atoms. The van der Waals surface area contributed by atoms with Gasteiger partial charge in [0.15, 0.2) is 0 Å². The van der Waals surface area contributed by atoms with Crippen LogP contribution >= 0.6 is 11.6 Å². The minimum atomic E-state index is -0.429. The molecule has 1 aromatic heterocycles. The van der Waals surface area contributed by atoms with Gasteiger partial charge in [-0.3, -0.25) is 10.1 Å². The van der Waals surface area contributed by atoms with Gasteiger partial charge >= 0.3 is 0 Å². The zero-order valence-corrected chi connectivity index (χ0v) is 10.9. The summed E-state index contributed by atoms with van der Waals surface area (Å²) in [7, 11) is 0. The molecule has 0 aliphatic carbocycles. The van der Waals surface area contributed by atoms with E-state index in [9.17, 15) is 10.1 Å². The van der Waals surface area contributed by atoms with Crippen LogP contribution in [0.25, 0.3) is 0 Å². The summed E-state index contributed by atoms with van der Waals surface area (Å²) in [5.41, 5.74) is 0.00654. The number of anilines is 1. The lowest BCUT2D eigenvalue weighted by Crippen LogP contribution is -2.27. The van der Waals surface area contributed by atoms with Gasteiger partial charge < -0.3 is 4.90 Å². The molecular weight excluding hydrogens is 254 g/mol. The number of pyridine rings is 1. The maximum atomic E-state index is 10.8. The fourth-order valence-electron chi connectivity index (χ4n) is 2.21. The molecule has 5 nitrogen and oxygen atoms in total. The summed E-state index contributed by atoms with van der Waals surface area (Å²) < 4.78 is 0. The Labute approximate surface area is 111 Å². The second-order valence-corrected chi connectivity index (χ2v) is 4.91. The Balaban J connectivity index is 2.22. The molecule has 0 bridgehead atoms. The van der Waals surface area contributed by atoms with Crippen molar-refractivity contribution in [3.63, 3.8) is 0 Å². The van der Waals surface area contributed by atoms with Crippen molar-refractivity contribution in [3.8, 4) is 0 Å². The average Bonchev–Trinajstić information content (AvgIpc) is 2.27. The third kappa shape index (κ3) is 3.32. The van der Waals surface area contributed by atoms with Gasteiger partial charge in [0.1, 0.15) is 11.0 Å². The highest BCUT2D eigenvalue weighted by Gasteiger charge is 2.16. The van der Waals surface area contributed by atoms with Crippen LogP contribution in [-0.2, 0) is 0 Å². The Bertz CT molecular complexity index is 431. The molecule has 0 atom stereocenters. The van der Waals surface area contributed by atoms with E-state index in [0.717, 1.165) is 25.9 Å². The highest BCUT2D eigenvalue weighted by molar-refractivity contribution is 6.29. The topological polar surface area (TPSA) is 59.3 Å². The zero-order valence-electron chi connectivity index (χ0n) is 10.1. The first-order valence-corrected chi connectivity index (χ1v) is 6.61. The van der Waals surface area contributed by atoms with E-state index in [1.165, 1.54) is 31.4 Å². The van der Waals surface area contributed by atoms with E-state index in [0.29, 0.717) is 5.82 Å². The molecule has 1 aliphatic rings. The molecule has 1 aliphatic heterocycles. The Morgan fingerprint density at radius 3 is 2.39 bits per heavy atom. The number of hydrogen-bond donors (Lipinski definition) is 0. The molecule has 1 saturated heterocycles. The quantitative estimate of drug-likeness (QED) is 0.469. The molecule has 2 rings (SSSR count). The molecule has 0 N–H and O–H groups in total. The number of rotatable bonds is 2. The van der Waals surface area contributed by atoms with Gasteiger partial charge in [-0.25, -0.2) is 4.98 Å². The summed E-state index contributed by atoms with van der Waals surface area (Å²) >= 11 is 5.84. The Kier molecular flexibility index (Phi) is 4.36. The average molecular weight is 270 g/mol. The van der Waals surface area contributed by atoms with E-state index in [-0.39, 0.29) is 10.8 Å². The summed E-state index contributed by atoms with van der Waals surface area (Å²) in [6.45, 7) is 1.79. The van der Waals surface area contributed by atoms with Crippen molar-refractivity contribution in [3.05, 3.63) is 27.4 Å². The lowest BCUT2D eigenvalue weighted by Gasteiger charge is -2.25. The van der Waals surface area contributed by atoms with Crippen LogP contribution in [0.1, 0.15) is 32.1 Å². The summed E-state index contributed by atoms with van der Waals surface area (Å²) in [5.74, 6) is 0.621. The van der Waals surface area contributed by atoms with E-state index < -0.39 is 4.92 Å². The summed E-state index contributed by atoms with van der Waals surface area (Å²) in [6, 6.07) is 2.79. The smallest absolute Gasteiger partial charge is 0.276 e. The molecule has 2 heterocycles. The first kappa shape index (κ1) is 13.1. The van der Waals surface area contributed by atoms with Gasteiger partial charge in [0.25, 0.3) is 5.69 Å². The predicted octanol–water partition coefficient (Wildman–Crippen LogP) is 3.41. The van der Waals surface area contributed by atoms with E-state index in [4.69, 9.17) is 11.6 Å². The second-order valence-electron chi connectivity index (χ2n) is 4.52. The minimum absolute atomic E-state index is 0.00654. The van der Waals surface area contributed by atoms with Crippen LogP contribution in [0.5, 0.6) is 0 Å². The van der Waals surface area contributed by atoms with Gasteiger partial charge in [-0.05, 0) is 12.8 Å². The monoisotopic (exact) mass is 269 g/mol. The van der Waals surface area contributed by atoms with Crippen molar-refractivity contribution in [1.82, 2.24) is 4.98 Å². The molecule has 1 fully saturated rings. The van der Waals surface area contributed by atoms with Crippen LogP contribution in [0, 0.1) is 10.1 Å². The first-order chi connectivity index (χ1) is 8.66. The highest BCUT2D eigenvalue weighted by atomic mass is 35.5. The maximum absolute atomic E-state index is 10.8. The summed E-state index contributed by atoms with van der Waals surface area (Å²) in [4.78, 5) is 16.7. The number of hydrogen-bond acceptors (Lipinski definition) is 4. The molecule has 1 aromatic rings. The molecule has 0 saturated carbocycles. The normalized spacial score (nSPS) is 17.1. The largest absolute Gasteiger partial charge is 0.356 e. The number of nitrogens with zero attached hydrogens (tertiary/aromatic N) is 3. The molecule has 0 unspecified atom stereocenters. The predicted molar refractivity (Wildman–Crippen MR) is 71.2 cm³/mol. The lowest BCUT2D eigenvalue weighted by molar-refractivity contribution is -0.384. The van der Waals surface area contributed by atoms with Crippen LogP contribution in [0.3, 0.4) is 0 Å². The summed E-state index contributed by atoms with van der Waals surface area (Å²) in [6.07, 6.45) is 5.89. The first-order valence-electron chi connectivity index (χ1n) is 6.24. The van der Waals surface area contributed by atoms with Crippen molar-refractivity contribution in [2.45, 2.75) is 32.1 Å². The van der Waals surface area contributed by atoms with Crippen molar-refractivity contribution >= 4 is 23.1 Å². The number of nitro groups is 1. The van der Waals surface area contributed by atoms with E-state index in [2.05, 4.69) is 9.88 Å². The fraction of sp³-hybridized carbons (Fsp3) is 0.583. The van der Waals surface area contributed by atoms with Crippen LogP contribution in [0.4, 0.5) is 11.5 Å². The molecule has 0 amide bonds. The van der Waals surface area contributed by atoms with Crippen molar-refractivity contribution < 1.29 is 4.92 Å². The fourth-order valence-corrected chi connectivity index (χ4v) is 2.41. The molecule has 0 spiro atoms. The lowest BCUT2D eigenvalue weighted by atomic mass is 10.1. The molecule has 98 valence electrons. The third-order valence-corrected chi connectivity index (χ3v) is 3.35. The molecule has 6 heteroatoms. The van der Waals surface area contributed by atoms with E-state index in [1.54, 1.807) is 0 Å². The van der Waals surface area contributed by atoms with Crippen molar-refractivity contribution in [2.75, 3.05) is 18.0 Å². The van der Waals surface area contributed by atoms with Gasteiger partial charge in [-0.2, -0.15) is 0 Å². The second kappa shape index (κ2) is 6.00. The minimum Gasteiger partial charge on any atom is -0.356 e. The standard InChI is InChI=1S/C12H16ClN3O2/c13-11-8-10(16(17)18)9-12(14-11)15-6-4-2-1-3-5-7-15/h8-9H,1-7H2. The summed E-state index contributed by atoms with van der Waals surface area (Å²) in [5, 5.41) is 11.0. The van der Waals surface area contributed by atoms with Crippen LogP contribution in [0.15, 0.2) is 12.1 Å². The molecule has 0 aromatic carbocycles. The third-order valence-electron chi connectivity index (χ3n) is 3.16. The number of halogens is 1. The Hall–Kier alpha value is -1.36. The number of aromatic nitrogens is 1. The Morgan fingerprint density at radius 1 is 1.17 bits per heavy atom. The van der Waals surface area contributed by atoms with Crippen LogP contribution in [0.2, 0.25) is 5.15 Å². The Morgan fingerprint density at radius 2 is 1.78 bits per heavy atom. The van der Waals surface area contributed by atoms with Crippen LogP contribution in [-0.4, -0.2) is 23.0 Å². The van der Waals surface area contributed by atoms with E-state index >= 15 is 0 Å². The van der Waals surface area contributed by atoms with Crippen molar-refractivity contribution in [2.24, 2.45) is 0 Å². The molecule has 0 radical (unpaired) electrons. The van der Waals surface area contributed by atoms with Crippen molar-refractivity contribution in [1.29, 1.82) is 0 Å². The van der Waals surface area contributed by atoms with Gasteiger partial charge in [0, 0.05) is 13.1 Å². The molecular formula is C12H16ClN3O2. The SMILES string of the molecule is O=[N+]([O-])c1cc(Cl)nc(N2CCCCCCC2)c1. The van der Waals surface area contributed by atoms with Gasteiger partial charge in [-0.15, -0.1) is 0 Å². The zero-order chi connectivity index (χ0) is 13.0. The van der Waals surface area contributed by atoms with Gasteiger partial charge in [0.2, 0.25) is 0 Å². The van der Waals surface area contributed by atoms with Crippen LogP contribution < -0.4 is 4.90 Å². The maximum Gasteiger partial charge on any atom is 0.276 e. The van der Waals surface area contributed by atoms with Gasteiger partial charge in [-0.1, -0.05) is 30.9 Å².